The first kappa shape index (κ1) is 18.2. The normalized spacial score (nSPS) is 10.1. The molecule has 6 heteroatoms. The van der Waals surface area contributed by atoms with Crippen molar-refractivity contribution in [1.82, 2.24) is 0 Å². The Labute approximate surface area is 146 Å². The maximum absolute atomic E-state index is 12.6. The summed E-state index contributed by atoms with van der Waals surface area (Å²) in [4.78, 5) is 35.2. The third-order valence-corrected chi connectivity index (χ3v) is 3.47. The second-order valence-electron chi connectivity index (χ2n) is 5.93. The van der Waals surface area contributed by atoms with Crippen molar-refractivity contribution in [1.29, 1.82) is 0 Å². The smallest absolute Gasteiger partial charge is 0.255 e. The number of nitrogens with one attached hydrogen (secondary N) is 3. The summed E-state index contributed by atoms with van der Waals surface area (Å²) in [5, 5.41) is 8.10. The number of hydrogen-bond acceptors (Lipinski definition) is 3. The largest absolute Gasteiger partial charge is 0.326 e. The molecule has 2 rings (SSSR count). The van der Waals surface area contributed by atoms with E-state index in [0.29, 0.717) is 22.6 Å². The topological polar surface area (TPSA) is 87.3 Å². The number of aryl methyl sites for hydroxylation is 2. The van der Waals surface area contributed by atoms with E-state index in [0.717, 1.165) is 11.1 Å². The predicted octanol–water partition coefficient (Wildman–Crippen LogP) is 3.47. The summed E-state index contributed by atoms with van der Waals surface area (Å²) < 4.78 is 0. The first-order valence-corrected chi connectivity index (χ1v) is 7.83. The van der Waals surface area contributed by atoms with Crippen LogP contribution in [0.15, 0.2) is 36.4 Å². The molecule has 0 fully saturated rings. The van der Waals surface area contributed by atoms with Gasteiger partial charge in [-0.2, -0.15) is 0 Å². The SMILES string of the molecule is CC(=O)Nc1cc(NC(C)=O)cc(C(=O)Nc2ccc(C)cc2C)c1. The van der Waals surface area contributed by atoms with Crippen LogP contribution < -0.4 is 16.0 Å². The van der Waals surface area contributed by atoms with Gasteiger partial charge in [0.2, 0.25) is 11.8 Å². The summed E-state index contributed by atoms with van der Waals surface area (Å²) >= 11 is 0. The first-order chi connectivity index (χ1) is 11.7. The Kier molecular flexibility index (Phi) is 5.54. The molecular weight excluding hydrogens is 318 g/mol. The van der Waals surface area contributed by atoms with E-state index in [2.05, 4.69) is 16.0 Å². The highest BCUT2D eigenvalue weighted by Crippen LogP contribution is 2.22. The van der Waals surface area contributed by atoms with E-state index in [9.17, 15) is 14.4 Å². The van der Waals surface area contributed by atoms with E-state index in [4.69, 9.17) is 0 Å². The van der Waals surface area contributed by atoms with Gasteiger partial charge in [-0.1, -0.05) is 17.7 Å². The summed E-state index contributed by atoms with van der Waals surface area (Å²) in [7, 11) is 0. The fourth-order valence-electron chi connectivity index (χ4n) is 2.46. The van der Waals surface area contributed by atoms with Crippen LogP contribution in [0.4, 0.5) is 17.1 Å². The van der Waals surface area contributed by atoms with E-state index < -0.39 is 0 Å². The van der Waals surface area contributed by atoms with E-state index >= 15 is 0 Å². The molecule has 0 aliphatic carbocycles. The van der Waals surface area contributed by atoms with Crippen molar-refractivity contribution < 1.29 is 14.4 Å². The zero-order chi connectivity index (χ0) is 18.6. The van der Waals surface area contributed by atoms with Crippen LogP contribution in [-0.2, 0) is 9.59 Å². The number of anilines is 3. The summed E-state index contributed by atoms with van der Waals surface area (Å²) in [6.45, 7) is 6.65. The van der Waals surface area contributed by atoms with Gasteiger partial charge in [-0.25, -0.2) is 0 Å². The van der Waals surface area contributed by atoms with Crippen LogP contribution in [-0.4, -0.2) is 17.7 Å². The van der Waals surface area contributed by atoms with Crippen LogP contribution >= 0.6 is 0 Å². The van der Waals surface area contributed by atoms with Gasteiger partial charge in [0.25, 0.3) is 5.91 Å². The molecular formula is C19H21N3O3. The van der Waals surface area contributed by atoms with E-state index in [1.54, 1.807) is 18.2 Å². The van der Waals surface area contributed by atoms with Crippen LogP contribution in [0.3, 0.4) is 0 Å². The summed E-state index contributed by atoms with van der Waals surface area (Å²) in [5.74, 6) is -0.854. The van der Waals surface area contributed by atoms with Crippen LogP contribution in [0.1, 0.15) is 35.3 Å². The van der Waals surface area contributed by atoms with Gasteiger partial charge in [0, 0.05) is 36.5 Å². The molecule has 25 heavy (non-hydrogen) atoms. The van der Waals surface area contributed by atoms with Gasteiger partial charge in [0.15, 0.2) is 0 Å². The van der Waals surface area contributed by atoms with Gasteiger partial charge in [0.1, 0.15) is 0 Å². The molecule has 2 aromatic carbocycles. The highest BCUT2D eigenvalue weighted by molar-refractivity contribution is 6.07. The maximum atomic E-state index is 12.6. The van der Waals surface area contributed by atoms with Crippen molar-refractivity contribution >= 4 is 34.8 Å². The molecule has 0 heterocycles. The van der Waals surface area contributed by atoms with Crippen molar-refractivity contribution in [3.8, 4) is 0 Å². The molecule has 130 valence electrons. The molecule has 0 saturated heterocycles. The highest BCUT2D eigenvalue weighted by Gasteiger charge is 2.12. The predicted molar refractivity (Wildman–Crippen MR) is 98.9 cm³/mol. The summed E-state index contributed by atoms with van der Waals surface area (Å²) in [6, 6.07) is 10.5. The Bertz CT molecular complexity index is 810. The number of benzene rings is 2. The van der Waals surface area contributed by atoms with Gasteiger partial charge in [-0.3, -0.25) is 14.4 Å². The summed E-state index contributed by atoms with van der Waals surface area (Å²) in [6.07, 6.45) is 0. The molecule has 3 N–H and O–H groups in total. The molecule has 6 nitrogen and oxygen atoms in total. The van der Waals surface area contributed by atoms with E-state index in [1.165, 1.54) is 13.8 Å². The van der Waals surface area contributed by atoms with Crippen molar-refractivity contribution in [3.63, 3.8) is 0 Å². The van der Waals surface area contributed by atoms with Crippen LogP contribution in [0.5, 0.6) is 0 Å². The Morgan fingerprint density at radius 2 is 1.32 bits per heavy atom. The molecule has 0 bridgehead atoms. The van der Waals surface area contributed by atoms with Crippen LogP contribution in [0.2, 0.25) is 0 Å². The lowest BCUT2D eigenvalue weighted by Gasteiger charge is -2.12. The number of carbonyl (C=O) groups excluding carboxylic acids is 3. The zero-order valence-corrected chi connectivity index (χ0v) is 14.7. The third-order valence-electron chi connectivity index (χ3n) is 3.47. The lowest BCUT2D eigenvalue weighted by molar-refractivity contribution is -0.115. The third kappa shape index (κ3) is 5.17. The van der Waals surface area contributed by atoms with Crippen molar-refractivity contribution in [3.05, 3.63) is 53.1 Å². The monoisotopic (exact) mass is 339 g/mol. The lowest BCUT2D eigenvalue weighted by atomic mass is 10.1. The van der Waals surface area contributed by atoms with E-state index in [1.807, 2.05) is 32.0 Å². The molecule has 0 atom stereocenters. The molecule has 3 amide bonds. The molecule has 0 radical (unpaired) electrons. The molecule has 0 saturated carbocycles. The Balaban J connectivity index is 2.33. The zero-order valence-electron chi connectivity index (χ0n) is 14.7. The molecule has 0 spiro atoms. The average Bonchev–Trinajstić information content (AvgIpc) is 2.48. The highest BCUT2D eigenvalue weighted by atomic mass is 16.2. The minimum absolute atomic E-state index is 0.263. The second-order valence-corrected chi connectivity index (χ2v) is 5.93. The number of carbonyl (C=O) groups is 3. The number of hydrogen-bond donors (Lipinski definition) is 3. The molecule has 0 aromatic heterocycles. The Hall–Kier alpha value is -3.15. The van der Waals surface area contributed by atoms with Gasteiger partial charge in [-0.05, 0) is 43.7 Å². The van der Waals surface area contributed by atoms with Gasteiger partial charge in [0.05, 0.1) is 0 Å². The van der Waals surface area contributed by atoms with Gasteiger partial charge in [-0.15, -0.1) is 0 Å². The average molecular weight is 339 g/mol. The van der Waals surface area contributed by atoms with Crippen LogP contribution in [0, 0.1) is 13.8 Å². The standard InChI is InChI=1S/C19H21N3O3/c1-11-5-6-18(12(2)7-11)22-19(25)15-8-16(20-13(3)23)10-17(9-15)21-14(4)24/h5-10H,1-4H3,(H,20,23)(H,21,24)(H,22,25). The quantitative estimate of drug-likeness (QED) is 0.797. The van der Waals surface area contributed by atoms with E-state index in [-0.39, 0.29) is 17.7 Å². The number of amides is 3. The van der Waals surface area contributed by atoms with Gasteiger partial charge >= 0.3 is 0 Å². The molecule has 0 aliphatic heterocycles. The minimum atomic E-state index is -0.328. The second kappa shape index (κ2) is 7.61. The van der Waals surface area contributed by atoms with Crippen molar-refractivity contribution in [2.45, 2.75) is 27.7 Å². The number of rotatable bonds is 4. The first-order valence-electron chi connectivity index (χ1n) is 7.83. The lowest BCUT2D eigenvalue weighted by Crippen LogP contribution is -2.15. The van der Waals surface area contributed by atoms with Gasteiger partial charge < -0.3 is 16.0 Å². The van der Waals surface area contributed by atoms with Crippen LogP contribution in [0.25, 0.3) is 0 Å². The fourth-order valence-corrected chi connectivity index (χ4v) is 2.46. The fraction of sp³-hybridized carbons (Fsp3) is 0.211. The molecule has 2 aromatic rings. The van der Waals surface area contributed by atoms with Crippen molar-refractivity contribution in [2.24, 2.45) is 0 Å². The summed E-state index contributed by atoms with van der Waals surface area (Å²) in [5.41, 5.74) is 3.97. The minimum Gasteiger partial charge on any atom is -0.326 e. The molecule has 0 aliphatic rings. The van der Waals surface area contributed by atoms with Crippen molar-refractivity contribution in [2.75, 3.05) is 16.0 Å². The Morgan fingerprint density at radius 1 is 0.760 bits per heavy atom. The Morgan fingerprint density at radius 3 is 1.80 bits per heavy atom. The maximum Gasteiger partial charge on any atom is 0.255 e. The molecule has 0 unspecified atom stereocenters.